The van der Waals surface area contributed by atoms with E-state index in [0.29, 0.717) is 12.5 Å². The van der Waals surface area contributed by atoms with E-state index in [9.17, 15) is 4.79 Å². The van der Waals surface area contributed by atoms with Crippen LogP contribution in [0.5, 0.6) is 0 Å². The van der Waals surface area contributed by atoms with Crippen LogP contribution in [-0.4, -0.2) is 29.9 Å². The lowest BCUT2D eigenvalue weighted by Crippen LogP contribution is -2.31. The van der Waals surface area contributed by atoms with Crippen molar-refractivity contribution in [1.82, 2.24) is 0 Å². The highest BCUT2D eigenvalue weighted by Crippen LogP contribution is 2.33. The molecule has 0 aliphatic heterocycles. The van der Waals surface area contributed by atoms with Crippen LogP contribution < -0.4 is 0 Å². The molecule has 2 rings (SSSR count). The van der Waals surface area contributed by atoms with Gasteiger partial charge in [0.05, 0.1) is 18.8 Å². The largest absolute Gasteiger partial charge is 0.481 e. The third-order valence-corrected chi connectivity index (χ3v) is 5.83. The number of carboxylic acid groups (broad SMARTS) is 1. The van der Waals surface area contributed by atoms with Gasteiger partial charge in [-0.25, -0.2) is 0 Å². The van der Waals surface area contributed by atoms with Gasteiger partial charge < -0.3 is 14.6 Å². The number of unbranched alkanes of at least 4 members (excludes halogenated alkanes) is 6. The predicted octanol–water partition coefficient (Wildman–Crippen LogP) is 6.54. The van der Waals surface area contributed by atoms with E-state index in [2.05, 4.69) is 31.2 Å². The van der Waals surface area contributed by atoms with Crippen molar-refractivity contribution >= 4 is 5.97 Å². The molecule has 1 aliphatic carbocycles. The molecule has 1 aliphatic rings. The number of rotatable bonds is 16. The fourth-order valence-electron chi connectivity index (χ4n) is 4.09. The third kappa shape index (κ3) is 9.90. The maximum atomic E-state index is 10.6. The Balaban J connectivity index is 1.81. The monoisotopic (exact) mass is 416 g/mol. The molecule has 0 heterocycles. The summed E-state index contributed by atoms with van der Waals surface area (Å²) < 4.78 is 12.6. The molecule has 1 fully saturated rings. The topological polar surface area (TPSA) is 55.8 Å². The fourth-order valence-corrected chi connectivity index (χ4v) is 4.09. The van der Waals surface area contributed by atoms with Crippen molar-refractivity contribution < 1.29 is 19.4 Å². The fraction of sp³-hybridized carbons (Fsp3) is 0.654. The lowest BCUT2D eigenvalue weighted by Gasteiger charge is -2.24. The number of carbonyl (C=O) groups is 1. The standard InChI is InChI=1S/C26H40O4/c1-2-3-4-7-13-20-29-26-23(16-11-5-6-12-17-25(27)28)18-19-24(26)30-21-22-14-9-8-10-15-22/h8-11,14-16,23-24,26H,2-7,12-13,17-21H2,1H3,(H,27,28)/b16-11+. The van der Waals surface area contributed by atoms with E-state index in [0.717, 1.165) is 45.1 Å². The van der Waals surface area contributed by atoms with Crippen LogP contribution in [0, 0.1) is 5.92 Å². The van der Waals surface area contributed by atoms with Crippen LogP contribution in [0.25, 0.3) is 0 Å². The first-order valence-electron chi connectivity index (χ1n) is 11.9. The average Bonchev–Trinajstić information content (AvgIpc) is 3.13. The normalized spacial score (nSPS) is 21.4. The van der Waals surface area contributed by atoms with Gasteiger partial charge in [-0.1, -0.05) is 75.1 Å². The van der Waals surface area contributed by atoms with Gasteiger partial charge in [0.2, 0.25) is 0 Å². The van der Waals surface area contributed by atoms with Crippen molar-refractivity contribution in [3.05, 3.63) is 48.0 Å². The van der Waals surface area contributed by atoms with Gasteiger partial charge in [0.1, 0.15) is 0 Å². The second kappa shape index (κ2) is 15.2. The Bertz CT molecular complexity index is 598. The van der Waals surface area contributed by atoms with E-state index in [1.807, 2.05) is 18.2 Å². The van der Waals surface area contributed by atoms with Gasteiger partial charge >= 0.3 is 5.97 Å². The van der Waals surface area contributed by atoms with Crippen molar-refractivity contribution in [2.75, 3.05) is 6.61 Å². The highest BCUT2D eigenvalue weighted by Gasteiger charge is 2.36. The second-order valence-corrected chi connectivity index (χ2v) is 8.39. The zero-order valence-electron chi connectivity index (χ0n) is 18.6. The summed E-state index contributed by atoms with van der Waals surface area (Å²) in [5.74, 6) is -0.318. The lowest BCUT2D eigenvalue weighted by atomic mass is 10.0. The molecule has 4 nitrogen and oxygen atoms in total. The molecule has 0 spiro atoms. The molecule has 1 aromatic rings. The third-order valence-electron chi connectivity index (χ3n) is 5.83. The Morgan fingerprint density at radius 3 is 2.60 bits per heavy atom. The molecule has 1 N–H and O–H groups in total. The molecule has 0 bridgehead atoms. The van der Waals surface area contributed by atoms with Crippen molar-refractivity contribution in [3.63, 3.8) is 0 Å². The minimum atomic E-state index is -0.708. The Morgan fingerprint density at radius 2 is 1.83 bits per heavy atom. The number of hydrogen-bond acceptors (Lipinski definition) is 3. The van der Waals surface area contributed by atoms with Crippen LogP contribution in [0.15, 0.2) is 42.5 Å². The molecular formula is C26H40O4. The second-order valence-electron chi connectivity index (χ2n) is 8.39. The summed E-state index contributed by atoms with van der Waals surface area (Å²) in [7, 11) is 0. The maximum absolute atomic E-state index is 10.6. The maximum Gasteiger partial charge on any atom is 0.303 e. The van der Waals surface area contributed by atoms with Crippen LogP contribution in [0.3, 0.4) is 0 Å². The van der Waals surface area contributed by atoms with Gasteiger partial charge in [0, 0.05) is 18.9 Å². The van der Waals surface area contributed by atoms with Crippen LogP contribution in [-0.2, 0) is 20.9 Å². The molecule has 1 saturated carbocycles. The van der Waals surface area contributed by atoms with Gasteiger partial charge in [-0.3, -0.25) is 4.79 Å². The SMILES string of the molecule is CCCCCCCOC1C(/C=C/CCCCC(=O)O)CCC1OCc1ccccc1. The summed E-state index contributed by atoms with van der Waals surface area (Å²) in [5.41, 5.74) is 1.20. The molecule has 168 valence electrons. The number of benzene rings is 1. The summed E-state index contributed by atoms with van der Waals surface area (Å²) in [4.78, 5) is 10.6. The number of ether oxygens (including phenoxy) is 2. The molecule has 30 heavy (non-hydrogen) atoms. The summed E-state index contributed by atoms with van der Waals surface area (Å²) >= 11 is 0. The molecule has 0 aromatic heterocycles. The van der Waals surface area contributed by atoms with Crippen molar-refractivity contribution in [3.8, 4) is 0 Å². The van der Waals surface area contributed by atoms with Crippen molar-refractivity contribution in [1.29, 1.82) is 0 Å². The first-order chi connectivity index (χ1) is 14.7. The van der Waals surface area contributed by atoms with Crippen LogP contribution >= 0.6 is 0 Å². The summed E-state index contributed by atoms with van der Waals surface area (Å²) in [6, 6.07) is 10.3. The highest BCUT2D eigenvalue weighted by atomic mass is 16.5. The molecule has 3 unspecified atom stereocenters. The molecule has 3 atom stereocenters. The summed E-state index contributed by atoms with van der Waals surface area (Å²) in [6.07, 6.45) is 15.9. The Labute approximate surface area is 182 Å². The van der Waals surface area contributed by atoms with E-state index in [4.69, 9.17) is 14.6 Å². The Kier molecular flexibility index (Phi) is 12.5. The van der Waals surface area contributed by atoms with Crippen LogP contribution in [0.1, 0.15) is 83.1 Å². The minimum Gasteiger partial charge on any atom is -0.481 e. The lowest BCUT2D eigenvalue weighted by molar-refractivity contribution is -0.137. The van der Waals surface area contributed by atoms with E-state index in [-0.39, 0.29) is 18.6 Å². The van der Waals surface area contributed by atoms with E-state index in [1.165, 1.54) is 31.2 Å². The number of carboxylic acids is 1. The van der Waals surface area contributed by atoms with Gasteiger partial charge in [0.25, 0.3) is 0 Å². The van der Waals surface area contributed by atoms with Gasteiger partial charge in [-0.05, 0) is 44.1 Å². The average molecular weight is 417 g/mol. The van der Waals surface area contributed by atoms with Gasteiger partial charge in [-0.15, -0.1) is 0 Å². The van der Waals surface area contributed by atoms with Gasteiger partial charge in [-0.2, -0.15) is 0 Å². The highest BCUT2D eigenvalue weighted by molar-refractivity contribution is 5.66. The summed E-state index contributed by atoms with van der Waals surface area (Å²) in [5, 5.41) is 8.74. The number of allylic oxidation sites excluding steroid dienone is 1. The Morgan fingerprint density at radius 1 is 1.03 bits per heavy atom. The first kappa shape index (κ1) is 24.6. The van der Waals surface area contributed by atoms with E-state index in [1.54, 1.807) is 0 Å². The molecular weight excluding hydrogens is 376 g/mol. The smallest absolute Gasteiger partial charge is 0.303 e. The van der Waals surface area contributed by atoms with Crippen molar-refractivity contribution in [2.24, 2.45) is 5.92 Å². The number of aliphatic carboxylic acids is 1. The molecule has 0 amide bonds. The molecule has 0 saturated heterocycles. The quantitative estimate of drug-likeness (QED) is 0.246. The molecule has 0 radical (unpaired) electrons. The van der Waals surface area contributed by atoms with Crippen LogP contribution in [0.4, 0.5) is 0 Å². The number of hydrogen-bond donors (Lipinski definition) is 1. The molecule has 4 heteroatoms. The zero-order valence-corrected chi connectivity index (χ0v) is 18.6. The summed E-state index contributed by atoms with van der Waals surface area (Å²) in [6.45, 7) is 3.68. The van der Waals surface area contributed by atoms with Crippen LogP contribution in [0.2, 0.25) is 0 Å². The first-order valence-corrected chi connectivity index (χ1v) is 11.9. The predicted molar refractivity (Wildman–Crippen MR) is 121 cm³/mol. The zero-order chi connectivity index (χ0) is 21.4. The van der Waals surface area contributed by atoms with Crippen molar-refractivity contribution in [2.45, 2.75) is 96.4 Å². The van der Waals surface area contributed by atoms with Gasteiger partial charge in [0.15, 0.2) is 0 Å². The van der Waals surface area contributed by atoms with E-state index >= 15 is 0 Å². The minimum absolute atomic E-state index is 0.121. The molecule has 1 aromatic carbocycles. The van der Waals surface area contributed by atoms with E-state index < -0.39 is 5.97 Å². The Hall–Kier alpha value is -1.65.